The topological polar surface area (TPSA) is 172 Å². The number of rotatable bonds is 20. The van der Waals surface area contributed by atoms with Crippen LogP contribution in [0.2, 0.25) is 0 Å². The lowest BCUT2D eigenvalue weighted by atomic mass is 9.85. The summed E-state index contributed by atoms with van der Waals surface area (Å²) < 4.78 is 13.1. The summed E-state index contributed by atoms with van der Waals surface area (Å²) >= 11 is 0. The average Bonchev–Trinajstić information content (AvgIpc) is 3.55. The number of aliphatic hydroxyl groups excluding tert-OH is 1. The second-order valence-electron chi connectivity index (χ2n) is 15.9. The molecule has 3 aromatic rings. The van der Waals surface area contributed by atoms with Gasteiger partial charge in [-0.25, -0.2) is 0 Å². The normalized spacial score (nSPS) is 16.2. The first-order valence-corrected chi connectivity index (χ1v) is 19.6. The maximum absolute atomic E-state index is 13.3. The van der Waals surface area contributed by atoms with E-state index in [1.54, 1.807) is 39.9 Å². The van der Waals surface area contributed by atoms with Gasteiger partial charge in [0.1, 0.15) is 23.8 Å². The van der Waals surface area contributed by atoms with Gasteiger partial charge in [-0.1, -0.05) is 52.9 Å². The number of aldehydes is 1. The van der Waals surface area contributed by atoms with E-state index in [0.717, 1.165) is 60.6 Å². The third kappa shape index (κ3) is 11.6. The Hall–Kier alpha value is -4.82. The number of hydrogen-bond acceptors (Lipinski definition) is 10. The number of nitrogens with zero attached hydrogens (tertiary/aromatic N) is 4. The number of unbranched alkanes of at least 4 members (excludes halogenated alkanes) is 6. The lowest BCUT2D eigenvalue weighted by Crippen LogP contribution is -2.56. The van der Waals surface area contributed by atoms with Crippen molar-refractivity contribution >= 4 is 34.8 Å². The molecule has 0 aliphatic carbocycles. The minimum atomic E-state index is -0.784. The molecule has 0 spiro atoms. The van der Waals surface area contributed by atoms with Gasteiger partial charge in [0.05, 0.1) is 43.9 Å². The fourth-order valence-corrected chi connectivity index (χ4v) is 7.26. The minimum Gasteiger partial charge on any atom is -0.496 e. The maximum atomic E-state index is 13.3. The zero-order valence-corrected chi connectivity index (χ0v) is 34.1. The van der Waals surface area contributed by atoms with Gasteiger partial charge >= 0.3 is 0 Å². The van der Waals surface area contributed by atoms with Gasteiger partial charge in [-0.15, -0.1) is 0 Å². The Balaban J connectivity index is 1.14. The van der Waals surface area contributed by atoms with Crippen LogP contribution < -0.4 is 25.7 Å². The molecule has 1 saturated heterocycles. The van der Waals surface area contributed by atoms with Gasteiger partial charge in [-0.2, -0.15) is 0 Å². The Morgan fingerprint density at radius 3 is 2.29 bits per heavy atom. The molecule has 14 nitrogen and oxygen atoms in total. The fourth-order valence-electron chi connectivity index (χ4n) is 7.26. The van der Waals surface area contributed by atoms with E-state index in [4.69, 9.17) is 9.47 Å². The summed E-state index contributed by atoms with van der Waals surface area (Å²) in [5.74, 6) is 0.632. The van der Waals surface area contributed by atoms with E-state index in [0.29, 0.717) is 49.1 Å². The summed E-state index contributed by atoms with van der Waals surface area (Å²) in [6, 6.07) is 4.21. The number of likely N-dealkylation sites (tertiary alicyclic amines) is 1. The number of likely N-dealkylation sites (N-methyl/N-ethyl adjacent to an activating group) is 1. The van der Waals surface area contributed by atoms with E-state index in [-0.39, 0.29) is 42.8 Å². The van der Waals surface area contributed by atoms with Gasteiger partial charge in [0.2, 0.25) is 17.7 Å². The molecule has 0 bridgehead atoms. The van der Waals surface area contributed by atoms with Gasteiger partial charge in [-0.05, 0) is 54.5 Å². The largest absolute Gasteiger partial charge is 0.496 e. The van der Waals surface area contributed by atoms with Crippen LogP contribution in [-0.4, -0.2) is 108 Å². The van der Waals surface area contributed by atoms with Crippen LogP contribution in [0.3, 0.4) is 0 Å². The van der Waals surface area contributed by atoms with Gasteiger partial charge in [0.15, 0.2) is 0 Å². The molecule has 3 heterocycles. The average molecular weight is 777 g/mol. The third-order valence-corrected chi connectivity index (χ3v) is 10.3. The van der Waals surface area contributed by atoms with Crippen LogP contribution >= 0.6 is 0 Å². The molecule has 3 N–H and O–H groups in total. The monoisotopic (exact) mass is 776 g/mol. The van der Waals surface area contributed by atoms with Crippen molar-refractivity contribution in [3.05, 3.63) is 52.7 Å². The third-order valence-electron chi connectivity index (χ3n) is 10.3. The minimum absolute atomic E-state index is 0.0670. The number of amides is 3. The molecule has 14 heteroatoms. The predicted octanol–water partition coefficient (Wildman–Crippen LogP) is 3.98. The molecule has 3 amide bonds. The standard InChI is InChI=1S/C42H60N6O8/c1-42(2,3)39(41(54)48-23-30(50)21-29(48)27-49)45-37(51)15-13-11-9-8-10-12-14-17-44-38(52)26-46(4)24-34-35(55-6)19-28(20-36(34)56-7)33-25-47(5)40(53)32-22-43-18-16-31(32)33/h16,18-20,22,25,27,29-30,39,50H,8-15,17,21,23-24,26H2,1-7H3,(H,44,52)(H,45,51)/t29-,30+,39+/m1/s1. The van der Waals surface area contributed by atoms with Crippen LogP contribution in [0.25, 0.3) is 21.9 Å². The number of fused-ring (bicyclic) bond motifs is 1. The van der Waals surface area contributed by atoms with Crippen molar-refractivity contribution in [2.45, 2.75) is 103 Å². The van der Waals surface area contributed by atoms with Crippen molar-refractivity contribution in [2.24, 2.45) is 12.5 Å². The van der Waals surface area contributed by atoms with E-state index in [2.05, 4.69) is 15.6 Å². The van der Waals surface area contributed by atoms with E-state index in [1.807, 2.05) is 50.9 Å². The number of pyridine rings is 2. The summed E-state index contributed by atoms with van der Waals surface area (Å²) in [5, 5.41) is 17.2. The summed E-state index contributed by atoms with van der Waals surface area (Å²) in [6.45, 7) is 6.92. The number of carbonyl (C=O) groups is 4. The summed E-state index contributed by atoms with van der Waals surface area (Å²) in [4.78, 5) is 70.4. The van der Waals surface area contributed by atoms with Crippen LogP contribution in [0.4, 0.5) is 0 Å². The van der Waals surface area contributed by atoms with Crippen LogP contribution in [0.1, 0.15) is 84.1 Å². The lowest BCUT2D eigenvalue weighted by Gasteiger charge is -2.34. The number of benzene rings is 1. The number of carbonyl (C=O) groups excluding carboxylic acids is 4. The molecule has 1 aliphatic rings. The first kappa shape index (κ1) is 43.9. The highest BCUT2D eigenvalue weighted by Gasteiger charge is 2.41. The number of ether oxygens (including phenoxy) is 2. The quantitative estimate of drug-likeness (QED) is 0.113. The first-order valence-electron chi connectivity index (χ1n) is 19.6. The molecule has 0 radical (unpaired) electrons. The first-order chi connectivity index (χ1) is 26.7. The summed E-state index contributed by atoms with van der Waals surface area (Å²) in [5.41, 5.74) is 1.80. The SMILES string of the molecule is COc1cc(-c2cn(C)c(=O)c3cnccc23)cc(OC)c1CN(C)CC(=O)NCCCCCCCCCC(=O)N[C@@H](C(=O)N1C[C@@H](O)C[C@@H]1C=O)C(C)(C)C. The van der Waals surface area contributed by atoms with Crippen molar-refractivity contribution in [1.29, 1.82) is 0 Å². The molecule has 1 aromatic carbocycles. The van der Waals surface area contributed by atoms with Gasteiger partial charge in [0.25, 0.3) is 5.56 Å². The number of aryl methyl sites for hydroxylation is 1. The summed E-state index contributed by atoms with van der Waals surface area (Å²) in [7, 11) is 6.78. The van der Waals surface area contributed by atoms with Gasteiger partial charge < -0.3 is 39.5 Å². The molecule has 0 saturated carbocycles. The zero-order chi connectivity index (χ0) is 41.0. The van der Waals surface area contributed by atoms with E-state index < -0.39 is 23.6 Å². The summed E-state index contributed by atoms with van der Waals surface area (Å²) in [6.07, 6.45) is 12.0. The Kier molecular flexibility index (Phi) is 16.0. The molecule has 0 unspecified atom stereocenters. The Morgan fingerprint density at radius 1 is 1.02 bits per heavy atom. The number of β-amino-alcohol motifs (C(OH)–C–C–N with tert-alkyl or cyclic N) is 1. The van der Waals surface area contributed by atoms with Crippen LogP contribution in [0.15, 0.2) is 41.6 Å². The van der Waals surface area contributed by atoms with Crippen LogP contribution in [0.5, 0.6) is 11.5 Å². The van der Waals surface area contributed by atoms with E-state index in [9.17, 15) is 29.1 Å². The van der Waals surface area contributed by atoms with Crippen molar-refractivity contribution in [2.75, 3.05) is 40.9 Å². The fraction of sp³-hybridized carbons (Fsp3) is 0.571. The molecular weight excluding hydrogens is 716 g/mol. The predicted molar refractivity (Wildman–Crippen MR) is 215 cm³/mol. The highest BCUT2D eigenvalue weighted by molar-refractivity contribution is 5.96. The van der Waals surface area contributed by atoms with E-state index >= 15 is 0 Å². The van der Waals surface area contributed by atoms with Crippen molar-refractivity contribution in [3.8, 4) is 22.6 Å². The zero-order valence-electron chi connectivity index (χ0n) is 34.1. The highest BCUT2D eigenvalue weighted by Crippen LogP contribution is 2.37. The molecule has 3 atom stereocenters. The number of hydrogen-bond donors (Lipinski definition) is 3. The van der Waals surface area contributed by atoms with Crippen LogP contribution in [-0.2, 0) is 32.8 Å². The lowest BCUT2D eigenvalue weighted by molar-refractivity contribution is -0.141. The Bertz CT molecular complexity index is 1860. The van der Waals surface area contributed by atoms with Gasteiger partial charge in [-0.3, -0.25) is 29.1 Å². The van der Waals surface area contributed by atoms with Crippen molar-refractivity contribution in [3.63, 3.8) is 0 Å². The molecule has 1 aliphatic heterocycles. The van der Waals surface area contributed by atoms with Crippen molar-refractivity contribution < 1.29 is 33.8 Å². The highest BCUT2D eigenvalue weighted by atomic mass is 16.5. The maximum Gasteiger partial charge on any atom is 0.259 e. The molecule has 1 fully saturated rings. The molecule has 56 heavy (non-hydrogen) atoms. The smallest absolute Gasteiger partial charge is 0.259 e. The van der Waals surface area contributed by atoms with Crippen molar-refractivity contribution in [1.82, 2.24) is 30.0 Å². The second kappa shape index (κ2) is 20.4. The molecule has 306 valence electrons. The van der Waals surface area contributed by atoms with E-state index in [1.165, 1.54) is 9.47 Å². The Labute approximate surface area is 329 Å². The van der Waals surface area contributed by atoms with Gasteiger partial charge in [0, 0.05) is 63.7 Å². The number of methoxy groups -OCH3 is 2. The molecule has 4 rings (SSSR count). The second-order valence-corrected chi connectivity index (χ2v) is 15.9. The molecular formula is C42H60N6O8. The number of aliphatic hydroxyl groups is 1. The number of aromatic nitrogens is 2. The Morgan fingerprint density at radius 2 is 1.66 bits per heavy atom. The number of nitrogens with one attached hydrogen (secondary N) is 2. The van der Waals surface area contributed by atoms with Crippen LogP contribution in [0, 0.1) is 5.41 Å². The molecule has 2 aromatic heterocycles.